The molecule has 0 bridgehead atoms. The van der Waals surface area contributed by atoms with Crippen LogP contribution >= 0.6 is 35.6 Å². The minimum absolute atomic E-state index is 0. The number of nitrogens with zero attached hydrogens (tertiary/aromatic N) is 4. The zero-order chi connectivity index (χ0) is 19.8. The molecule has 0 amide bonds. The van der Waals surface area contributed by atoms with Gasteiger partial charge < -0.3 is 15.0 Å². The van der Waals surface area contributed by atoms with Gasteiger partial charge in [0, 0.05) is 43.5 Å². The number of hydrogen-bond donors (Lipinski definition) is 1. The van der Waals surface area contributed by atoms with Crippen molar-refractivity contribution < 1.29 is 4.74 Å². The van der Waals surface area contributed by atoms with Crippen LogP contribution in [0.4, 0.5) is 0 Å². The van der Waals surface area contributed by atoms with Crippen LogP contribution in [-0.4, -0.2) is 47.9 Å². The molecular formula is C20H31ClIN5O. The average molecular weight is 520 g/mol. The fourth-order valence-electron chi connectivity index (χ4n) is 2.94. The van der Waals surface area contributed by atoms with Crippen LogP contribution in [0.5, 0.6) is 0 Å². The quantitative estimate of drug-likeness (QED) is 0.325. The molecule has 1 aromatic carbocycles. The van der Waals surface area contributed by atoms with E-state index in [1.165, 1.54) is 0 Å². The Bertz CT molecular complexity index is 778. The molecule has 1 aromatic heterocycles. The van der Waals surface area contributed by atoms with E-state index < -0.39 is 0 Å². The van der Waals surface area contributed by atoms with Crippen molar-refractivity contribution in [2.45, 2.75) is 40.4 Å². The summed E-state index contributed by atoms with van der Waals surface area (Å²) in [6, 6.07) is 7.89. The SMILES string of the molecule is CCNC(=NCc1c(C)nn(CCOC)c1C)N(C)Cc1ccccc1Cl.I. The molecule has 2 aromatic rings. The van der Waals surface area contributed by atoms with Gasteiger partial charge in [-0.05, 0) is 32.4 Å². The van der Waals surface area contributed by atoms with E-state index in [9.17, 15) is 0 Å². The predicted octanol–water partition coefficient (Wildman–Crippen LogP) is 4.02. The van der Waals surface area contributed by atoms with Crippen molar-refractivity contribution in [1.82, 2.24) is 20.0 Å². The minimum Gasteiger partial charge on any atom is -0.383 e. The van der Waals surface area contributed by atoms with Crippen molar-refractivity contribution in [1.29, 1.82) is 0 Å². The van der Waals surface area contributed by atoms with Crippen molar-refractivity contribution in [3.05, 3.63) is 51.8 Å². The Hall–Kier alpha value is -1.32. The molecule has 0 saturated carbocycles. The van der Waals surface area contributed by atoms with Crippen LogP contribution in [0.25, 0.3) is 0 Å². The molecule has 0 aliphatic rings. The molecule has 28 heavy (non-hydrogen) atoms. The Morgan fingerprint density at radius 1 is 1.32 bits per heavy atom. The van der Waals surface area contributed by atoms with Gasteiger partial charge in [0.2, 0.25) is 0 Å². The second-order valence-corrected chi connectivity index (χ2v) is 6.89. The van der Waals surface area contributed by atoms with E-state index in [1.807, 2.05) is 42.9 Å². The number of aliphatic imine (C=N–C) groups is 1. The number of rotatable bonds is 8. The van der Waals surface area contributed by atoms with Crippen LogP contribution in [0.15, 0.2) is 29.3 Å². The van der Waals surface area contributed by atoms with Gasteiger partial charge >= 0.3 is 0 Å². The summed E-state index contributed by atoms with van der Waals surface area (Å²) in [7, 11) is 3.72. The van der Waals surface area contributed by atoms with E-state index in [4.69, 9.17) is 21.3 Å². The van der Waals surface area contributed by atoms with Crippen LogP contribution < -0.4 is 5.32 Å². The number of nitrogens with one attached hydrogen (secondary N) is 1. The van der Waals surface area contributed by atoms with E-state index in [1.54, 1.807) is 7.11 Å². The van der Waals surface area contributed by atoms with Gasteiger partial charge in [0.05, 0.1) is 25.4 Å². The van der Waals surface area contributed by atoms with E-state index in [0.29, 0.717) is 19.7 Å². The summed E-state index contributed by atoms with van der Waals surface area (Å²) in [4.78, 5) is 6.92. The predicted molar refractivity (Wildman–Crippen MR) is 127 cm³/mol. The van der Waals surface area contributed by atoms with Gasteiger partial charge in [-0.2, -0.15) is 5.10 Å². The molecule has 2 rings (SSSR count). The highest BCUT2D eigenvalue weighted by atomic mass is 127. The summed E-state index contributed by atoms with van der Waals surface area (Å²) in [5.41, 5.74) is 4.38. The fourth-order valence-corrected chi connectivity index (χ4v) is 3.13. The maximum atomic E-state index is 6.30. The maximum Gasteiger partial charge on any atom is 0.194 e. The van der Waals surface area contributed by atoms with Crippen LogP contribution in [0.3, 0.4) is 0 Å². The summed E-state index contributed by atoms with van der Waals surface area (Å²) in [6.45, 7) is 9.65. The summed E-state index contributed by atoms with van der Waals surface area (Å²) in [5, 5.41) is 8.74. The number of aromatic nitrogens is 2. The second kappa shape index (κ2) is 12.3. The zero-order valence-corrected chi connectivity index (χ0v) is 20.4. The Labute approximate surface area is 190 Å². The molecule has 8 heteroatoms. The highest BCUT2D eigenvalue weighted by molar-refractivity contribution is 14.0. The van der Waals surface area contributed by atoms with Crippen molar-refractivity contribution in [2.75, 3.05) is 27.3 Å². The third-order valence-electron chi connectivity index (χ3n) is 4.49. The van der Waals surface area contributed by atoms with Crippen molar-refractivity contribution in [2.24, 2.45) is 4.99 Å². The molecule has 1 heterocycles. The van der Waals surface area contributed by atoms with E-state index in [2.05, 4.69) is 29.2 Å². The van der Waals surface area contributed by atoms with Gasteiger partial charge in [0.25, 0.3) is 0 Å². The Balaban J connectivity index is 0.00000392. The zero-order valence-electron chi connectivity index (χ0n) is 17.3. The highest BCUT2D eigenvalue weighted by Gasteiger charge is 2.13. The fraction of sp³-hybridized carbons (Fsp3) is 0.500. The average Bonchev–Trinajstić information content (AvgIpc) is 2.92. The Kier molecular flexibility index (Phi) is 10.8. The van der Waals surface area contributed by atoms with Gasteiger partial charge in [-0.3, -0.25) is 4.68 Å². The largest absolute Gasteiger partial charge is 0.383 e. The molecule has 6 nitrogen and oxygen atoms in total. The van der Waals surface area contributed by atoms with Gasteiger partial charge in [-0.25, -0.2) is 4.99 Å². The lowest BCUT2D eigenvalue weighted by molar-refractivity contribution is 0.182. The first-order valence-electron chi connectivity index (χ1n) is 9.22. The van der Waals surface area contributed by atoms with E-state index in [0.717, 1.165) is 46.6 Å². The lowest BCUT2D eigenvalue weighted by Crippen LogP contribution is -2.38. The molecule has 0 unspecified atom stereocenters. The van der Waals surface area contributed by atoms with Crippen LogP contribution in [0, 0.1) is 13.8 Å². The summed E-state index contributed by atoms with van der Waals surface area (Å²) >= 11 is 6.30. The van der Waals surface area contributed by atoms with Gasteiger partial charge in [0.1, 0.15) is 0 Å². The summed E-state index contributed by atoms with van der Waals surface area (Å²) < 4.78 is 7.15. The summed E-state index contributed by atoms with van der Waals surface area (Å²) in [6.07, 6.45) is 0. The minimum atomic E-state index is 0. The van der Waals surface area contributed by atoms with E-state index in [-0.39, 0.29) is 24.0 Å². The number of aryl methyl sites for hydroxylation is 1. The van der Waals surface area contributed by atoms with Crippen molar-refractivity contribution in [3.63, 3.8) is 0 Å². The smallest absolute Gasteiger partial charge is 0.194 e. The van der Waals surface area contributed by atoms with Crippen molar-refractivity contribution >= 4 is 41.5 Å². The van der Waals surface area contributed by atoms with Crippen LogP contribution in [0.2, 0.25) is 5.02 Å². The Morgan fingerprint density at radius 2 is 2.04 bits per heavy atom. The van der Waals surface area contributed by atoms with Crippen molar-refractivity contribution in [3.8, 4) is 0 Å². The first kappa shape index (κ1) is 24.7. The third kappa shape index (κ3) is 6.63. The first-order valence-corrected chi connectivity index (χ1v) is 9.60. The molecule has 0 fully saturated rings. The Morgan fingerprint density at radius 3 is 2.68 bits per heavy atom. The molecule has 156 valence electrons. The van der Waals surface area contributed by atoms with Gasteiger partial charge in [-0.15, -0.1) is 24.0 Å². The maximum absolute atomic E-state index is 6.30. The molecule has 0 spiro atoms. The number of hydrogen-bond acceptors (Lipinski definition) is 3. The van der Waals surface area contributed by atoms with Gasteiger partial charge in [-0.1, -0.05) is 29.8 Å². The normalized spacial score (nSPS) is 11.3. The molecular weight excluding hydrogens is 489 g/mol. The first-order chi connectivity index (χ1) is 13.0. The van der Waals surface area contributed by atoms with Crippen LogP contribution in [-0.2, 0) is 24.4 Å². The standard InChI is InChI=1S/C20H30ClN5O.HI/c1-6-22-20(25(4)14-17-9-7-8-10-19(17)21)23-13-18-15(2)24-26(16(18)3)11-12-27-5;/h7-10H,6,11-14H2,1-5H3,(H,22,23);1H. The molecule has 1 N–H and O–H groups in total. The number of guanidine groups is 1. The number of halogens is 2. The number of benzene rings is 1. The summed E-state index contributed by atoms with van der Waals surface area (Å²) in [5.74, 6) is 0.848. The molecule has 0 radical (unpaired) electrons. The number of methoxy groups -OCH3 is 1. The topological polar surface area (TPSA) is 54.7 Å². The van der Waals surface area contributed by atoms with Crippen LogP contribution in [0.1, 0.15) is 29.4 Å². The monoisotopic (exact) mass is 519 g/mol. The second-order valence-electron chi connectivity index (χ2n) is 6.48. The van der Waals surface area contributed by atoms with E-state index >= 15 is 0 Å². The lowest BCUT2D eigenvalue weighted by Gasteiger charge is -2.22. The molecule has 0 saturated heterocycles. The highest BCUT2D eigenvalue weighted by Crippen LogP contribution is 2.17. The third-order valence-corrected chi connectivity index (χ3v) is 4.86. The molecule has 0 atom stereocenters. The van der Waals surface area contributed by atoms with Gasteiger partial charge in [0.15, 0.2) is 5.96 Å². The lowest BCUT2D eigenvalue weighted by atomic mass is 10.2. The number of ether oxygens (including phenoxy) is 1. The molecule has 0 aliphatic carbocycles. The molecule has 0 aliphatic heterocycles.